The Morgan fingerprint density at radius 1 is 1.12 bits per heavy atom. The number of nitrogens with one attached hydrogen (secondary N) is 1. The van der Waals surface area contributed by atoms with Gasteiger partial charge in [-0.2, -0.15) is 0 Å². The van der Waals surface area contributed by atoms with Crippen molar-refractivity contribution in [3.05, 3.63) is 60.2 Å². The first-order valence-electron chi connectivity index (χ1n) is 9.14. The largest absolute Gasteiger partial charge is 0.497 e. The summed E-state index contributed by atoms with van der Waals surface area (Å²) >= 11 is 0. The van der Waals surface area contributed by atoms with E-state index in [2.05, 4.69) is 29.6 Å². The fourth-order valence-corrected chi connectivity index (χ4v) is 3.76. The van der Waals surface area contributed by atoms with E-state index in [1.807, 2.05) is 37.3 Å². The second kappa shape index (κ2) is 7.81. The minimum Gasteiger partial charge on any atom is -0.497 e. The molecule has 0 saturated heterocycles. The summed E-state index contributed by atoms with van der Waals surface area (Å²) in [5.74, 6) is 0.975. The highest BCUT2D eigenvalue weighted by Gasteiger charge is 2.48. The van der Waals surface area contributed by atoms with E-state index in [0.717, 1.165) is 24.3 Å². The Labute approximate surface area is 155 Å². The van der Waals surface area contributed by atoms with Crippen LogP contribution >= 0.6 is 0 Å². The quantitative estimate of drug-likeness (QED) is 0.704. The van der Waals surface area contributed by atoms with Crippen LogP contribution in [0.25, 0.3) is 0 Å². The average molecular weight is 353 g/mol. The van der Waals surface area contributed by atoms with Crippen molar-refractivity contribution in [1.29, 1.82) is 0 Å². The molecule has 26 heavy (non-hydrogen) atoms. The van der Waals surface area contributed by atoms with E-state index in [-0.39, 0.29) is 17.4 Å². The fourth-order valence-electron chi connectivity index (χ4n) is 3.76. The molecule has 0 bridgehead atoms. The predicted octanol–water partition coefficient (Wildman–Crippen LogP) is 4.61. The monoisotopic (exact) mass is 353 g/mol. The number of anilines is 1. The maximum atomic E-state index is 12.1. The number of methoxy groups -OCH3 is 2. The van der Waals surface area contributed by atoms with Gasteiger partial charge in [-0.25, -0.2) is 0 Å². The third-order valence-corrected chi connectivity index (χ3v) is 5.25. The van der Waals surface area contributed by atoms with Crippen LogP contribution in [-0.4, -0.2) is 20.2 Å². The number of rotatable bonds is 8. The van der Waals surface area contributed by atoms with Gasteiger partial charge in [0.25, 0.3) is 0 Å². The van der Waals surface area contributed by atoms with Crippen LogP contribution in [0.1, 0.15) is 31.7 Å². The van der Waals surface area contributed by atoms with Crippen molar-refractivity contribution < 1.29 is 14.3 Å². The van der Waals surface area contributed by atoms with Crippen LogP contribution in [0.3, 0.4) is 0 Å². The van der Waals surface area contributed by atoms with E-state index in [1.165, 1.54) is 12.7 Å². The SMILES string of the molecule is COC(=O)[C@@H](C)C[C@](Nc1ccc(OC)cc1)(c1ccccc1)C1CC1. The van der Waals surface area contributed by atoms with E-state index in [9.17, 15) is 4.79 Å². The van der Waals surface area contributed by atoms with Crippen LogP contribution in [0, 0.1) is 11.8 Å². The molecule has 138 valence electrons. The van der Waals surface area contributed by atoms with E-state index >= 15 is 0 Å². The van der Waals surface area contributed by atoms with Gasteiger partial charge in [-0.3, -0.25) is 4.79 Å². The summed E-state index contributed by atoms with van der Waals surface area (Å²) in [5.41, 5.74) is 1.95. The molecule has 0 aromatic heterocycles. The molecule has 1 saturated carbocycles. The van der Waals surface area contributed by atoms with E-state index < -0.39 is 0 Å². The number of esters is 1. The first kappa shape index (κ1) is 18.3. The highest BCUT2D eigenvalue weighted by molar-refractivity contribution is 5.72. The van der Waals surface area contributed by atoms with Gasteiger partial charge in [0.1, 0.15) is 5.75 Å². The van der Waals surface area contributed by atoms with Gasteiger partial charge in [-0.15, -0.1) is 0 Å². The third kappa shape index (κ3) is 3.85. The Bertz CT molecular complexity index is 725. The van der Waals surface area contributed by atoms with Crippen LogP contribution in [-0.2, 0) is 15.1 Å². The number of ether oxygens (including phenoxy) is 2. The Balaban J connectivity index is 1.97. The summed E-state index contributed by atoms with van der Waals surface area (Å²) in [6.07, 6.45) is 3.01. The molecule has 1 N–H and O–H groups in total. The first-order valence-corrected chi connectivity index (χ1v) is 9.14. The van der Waals surface area contributed by atoms with Crippen molar-refractivity contribution in [2.75, 3.05) is 19.5 Å². The molecule has 0 radical (unpaired) electrons. The van der Waals surface area contributed by atoms with Crippen LogP contribution in [0.4, 0.5) is 5.69 Å². The molecule has 0 aliphatic heterocycles. The maximum Gasteiger partial charge on any atom is 0.308 e. The van der Waals surface area contributed by atoms with Crippen LogP contribution < -0.4 is 10.1 Å². The van der Waals surface area contributed by atoms with Crippen LogP contribution in [0.5, 0.6) is 5.75 Å². The Hall–Kier alpha value is -2.49. The number of carbonyl (C=O) groups is 1. The van der Waals surface area contributed by atoms with Gasteiger partial charge in [0, 0.05) is 5.69 Å². The summed E-state index contributed by atoms with van der Waals surface area (Å²) in [6, 6.07) is 18.4. The number of carbonyl (C=O) groups excluding carboxylic acids is 1. The van der Waals surface area contributed by atoms with E-state index in [0.29, 0.717) is 12.3 Å². The molecule has 3 rings (SSSR count). The summed E-state index contributed by atoms with van der Waals surface area (Å²) < 4.78 is 10.3. The standard InChI is InChI=1S/C22H27NO3/c1-16(21(24)26-3)15-22(18-9-10-18,17-7-5-4-6-8-17)23-19-11-13-20(25-2)14-12-19/h4-8,11-14,16,18,23H,9-10,15H2,1-3H3/t16-,22-/m0/s1. The normalized spacial score (nSPS) is 17.0. The maximum absolute atomic E-state index is 12.1. The molecule has 0 unspecified atom stereocenters. The van der Waals surface area contributed by atoms with Crippen molar-refractivity contribution in [2.24, 2.45) is 11.8 Å². The van der Waals surface area contributed by atoms with Crippen LogP contribution in [0.2, 0.25) is 0 Å². The lowest BCUT2D eigenvalue weighted by Crippen LogP contribution is -2.41. The summed E-state index contributed by atoms with van der Waals surface area (Å²) in [5, 5.41) is 3.77. The Morgan fingerprint density at radius 2 is 1.77 bits per heavy atom. The molecule has 0 spiro atoms. The molecule has 1 fully saturated rings. The van der Waals surface area contributed by atoms with Gasteiger partial charge in [-0.1, -0.05) is 37.3 Å². The molecule has 2 atom stereocenters. The molecule has 4 heteroatoms. The number of hydrogen-bond donors (Lipinski definition) is 1. The van der Waals surface area contributed by atoms with Gasteiger partial charge in [-0.05, 0) is 55.0 Å². The molecule has 0 heterocycles. The zero-order valence-corrected chi connectivity index (χ0v) is 15.7. The van der Waals surface area contributed by atoms with Crippen molar-refractivity contribution in [2.45, 2.75) is 31.7 Å². The summed E-state index contributed by atoms with van der Waals surface area (Å²) in [6.45, 7) is 1.95. The lowest BCUT2D eigenvalue weighted by Gasteiger charge is -2.38. The molecular weight excluding hydrogens is 326 g/mol. The van der Waals surface area contributed by atoms with E-state index in [1.54, 1.807) is 7.11 Å². The molecule has 1 aliphatic carbocycles. The van der Waals surface area contributed by atoms with Crippen molar-refractivity contribution in [1.82, 2.24) is 0 Å². The molecule has 2 aromatic rings. The molecule has 2 aromatic carbocycles. The highest BCUT2D eigenvalue weighted by atomic mass is 16.5. The third-order valence-electron chi connectivity index (χ3n) is 5.25. The zero-order chi connectivity index (χ0) is 18.6. The van der Waals surface area contributed by atoms with Crippen molar-refractivity contribution in [3.63, 3.8) is 0 Å². The van der Waals surface area contributed by atoms with Gasteiger partial charge >= 0.3 is 5.97 Å². The first-order chi connectivity index (χ1) is 12.6. The Kier molecular flexibility index (Phi) is 5.50. The molecular formula is C22H27NO3. The zero-order valence-electron chi connectivity index (χ0n) is 15.7. The van der Waals surface area contributed by atoms with Gasteiger partial charge in [0.2, 0.25) is 0 Å². The minimum atomic E-state index is -0.288. The second-order valence-corrected chi connectivity index (χ2v) is 7.09. The average Bonchev–Trinajstić information content (AvgIpc) is 3.53. The molecule has 1 aliphatic rings. The predicted molar refractivity (Wildman–Crippen MR) is 103 cm³/mol. The molecule has 4 nitrogen and oxygen atoms in total. The smallest absolute Gasteiger partial charge is 0.308 e. The van der Waals surface area contributed by atoms with Gasteiger partial charge in [0.15, 0.2) is 0 Å². The van der Waals surface area contributed by atoms with Crippen molar-refractivity contribution in [3.8, 4) is 5.75 Å². The molecule has 0 amide bonds. The Morgan fingerprint density at radius 3 is 2.31 bits per heavy atom. The van der Waals surface area contributed by atoms with Gasteiger partial charge in [0.05, 0.1) is 25.7 Å². The second-order valence-electron chi connectivity index (χ2n) is 7.09. The van der Waals surface area contributed by atoms with Crippen molar-refractivity contribution >= 4 is 11.7 Å². The number of hydrogen-bond acceptors (Lipinski definition) is 4. The minimum absolute atomic E-state index is 0.164. The summed E-state index contributed by atoms with van der Waals surface area (Å²) in [4.78, 5) is 12.1. The van der Waals surface area contributed by atoms with Crippen LogP contribution in [0.15, 0.2) is 54.6 Å². The highest BCUT2D eigenvalue weighted by Crippen LogP contribution is 2.51. The van der Waals surface area contributed by atoms with Gasteiger partial charge < -0.3 is 14.8 Å². The fraction of sp³-hybridized carbons (Fsp3) is 0.409. The topological polar surface area (TPSA) is 47.6 Å². The summed E-state index contributed by atoms with van der Waals surface area (Å²) in [7, 11) is 3.12. The lowest BCUT2D eigenvalue weighted by molar-refractivity contribution is -0.145. The van der Waals surface area contributed by atoms with E-state index in [4.69, 9.17) is 9.47 Å². The number of benzene rings is 2. The lowest BCUT2D eigenvalue weighted by atomic mass is 9.77.